The van der Waals surface area contributed by atoms with Crippen LogP contribution >= 0.6 is 22.9 Å². The van der Waals surface area contributed by atoms with Gasteiger partial charge in [0, 0.05) is 5.02 Å². The Bertz CT molecular complexity index is 828. The first-order valence-electron chi connectivity index (χ1n) is 7.83. The van der Waals surface area contributed by atoms with E-state index < -0.39 is 0 Å². The van der Waals surface area contributed by atoms with Crippen LogP contribution in [0.4, 0.5) is 0 Å². The summed E-state index contributed by atoms with van der Waals surface area (Å²) in [5.74, 6) is 0.151. The van der Waals surface area contributed by atoms with Crippen LogP contribution in [0.15, 0.2) is 46.3 Å². The van der Waals surface area contributed by atoms with Crippen molar-refractivity contribution in [3.8, 4) is 10.7 Å². The first kappa shape index (κ1) is 17.6. The maximum absolute atomic E-state index is 12.5. The number of aromatic nitrogens is 2. The van der Waals surface area contributed by atoms with Crippen LogP contribution in [0.1, 0.15) is 31.2 Å². The quantitative estimate of drug-likeness (QED) is 0.570. The zero-order chi connectivity index (χ0) is 17.8. The van der Waals surface area contributed by atoms with E-state index in [4.69, 9.17) is 20.9 Å². The molecule has 0 aliphatic carbocycles. The number of rotatable bonds is 6. The Balaban J connectivity index is 1.67. The van der Waals surface area contributed by atoms with Crippen LogP contribution in [-0.4, -0.2) is 16.1 Å². The minimum absolute atomic E-state index is 0.0476. The molecule has 2 aromatic heterocycles. The number of ether oxygens (including phenoxy) is 1. The number of thiophene rings is 1. The molecule has 0 radical (unpaired) electrons. The topological polar surface area (TPSA) is 65.2 Å². The van der Waals surface area contributed by atoms with Gasteiger partial charge in [-0.1, -0.05) is 48.8 Å². The van der Waals surface area contributed by atoms with Crippen LogP contribution in [0.3, 0.4) is 0 Å². The van der Waals surface area contributed by atoms with Crippen LogP contribution < -0.4 is 0 Å². The SMILES string of the molecule is CC(C)[C@@H](C(=O)OCc1nc(-c2cccs2)no1)c1ccc(Cl)cc1. The van der Waals surface area contributed by atoms with Crippen molar-refractivity contribution in [2.45, 2.75) is 26.4 Å². The minimum Gasteiger partial charge on any atom is -0.455 e. The molecule has 5 nitrogen and oxygen atoms in total. The first-order valence-corrected chi connectivity index (χ1v) is 9.09. The number of esters is 1. The van der Waals surface area contributed by atoms with Gasteiger partial charge in [-0.3, -0.25) is 4.79 Å². The van der Waals surface area contributed by atoms with Gasteiger partial charge in [0.1, 0.15) is 0 Å². The van der Waals surface area contributed by atoms with E-state index in [2.05, 4.69) is 10.1 Å². The van der Waals surface area contributed by atoms with Crippen LogP contribution in [0.5, 0.6) is 0 Å². The molecule has 1 aromatic carbocycles. The molecule has 0 saturated carbocycles. The second-order valence-electron chi connectivity index (χ2n) is 5.87. The minimum atomic E-state index is -0.378. The van der Waals surface area contributed by atoms with Gasteiger partial charge in [0.25, 0.3) is 5.89 Å². The molecule has 0 amide bonds. The average molecular weight is 377 g/mol. The molecule has 1 atom stereocenters. The lowest BCUT2D eigenvalue weighted by atomic mass is 9.88. The fourth-order valence-corrected chi connectivity index (χ4v) is 3.28. The summed E-state index contributed by atoms with van der Waals surface area (Å²) in [5, 5.41) is 6.47. The van der Waals surface area contributed by atoms with E-state index in [1.807, 2.05) is 43.5 Å². The van der Waals surface area contributed by atoms with Gasteiger partial charge in [-0.05, 0) is 35.1 Å². The second-order valence-corrected chi connectivity index (χ2v) is 7.25. The maximum atomic E-state index is 12.5. The fraction of sp³-hybridized carbons (Fsp3) is 0.278. The number of halogens is 1. The Morgan fingerprint density at radius 3 is 2.68 bits per heavy atom. The van der Waals surface area contributed by atoms with Crippen molar-refractivity contribution in [3.05, 3.63) is 58.3 Å². The van der Waals surface area contributed by atoms with Crippen molar-refractivity contribution in [1.82, 2.24) is 10.1 Å². The number of nitrogens with zero attached hydrogens (tertiary/aromatic N) is 2. The lowest BCUT2D eigenvalue weighted by molar-refractivity contribution is -0.148. The van der Waals surface area contributed by atoms with E-state index in [0.29, 0.717) is 10.8 Å². The number of carbonyl (C=O) groups is 1. The average Bonchev–Trinajstić information content (AvgIpc) is 3.26. The van der Waals surface area contributed by atoms with Crippen molar-refractivity contribution in [3.63, 3.8) is 0 Å². The second kappa shape index (κ2) is 7.80. The molecule has 25 heavy (non-hydrogen) atoms. The van der Waals surface area contributed by atoms with Crippen LogP contribution in [0.25, 0.3) is 10.7 Å². The fourth-order valence-electron chi connectivity index (χ4n) is 2.51. The van der Waals surface area contributed by atoms with E-state index in [0.717, 1.165) is 10.4 Å². The Morgan fingerprint density at radius 1 is 1.28 bits per heavy atom. The molecule has 0 saturated heterocycles. The highest BCUT2D eigenvalue weighted by atomic mass is 35.5. The molecule has 0 spiro atoms. The van der Waals surface area contributed by atoms with Crippen molar-refractivity contribution in [1.29, 1.82) is 0 Å². The van der Waals surface area contributed by atoms with Gasteiger partial charge in [-0.2, -0.15) is 4.98 Å². The molecule has 3 aromatic rings. The molecule has 0 fully saturated rings. The van der Waals surface area contributed by atoms with E-state index in [-0.39, 0.29) is 30.3 Å². The zero-order valence-corrected chi connectivity index (χ0v) is 15.4. The van der Waals surface area contributed by atoms with Crippen molar-refractivity contribution in [2.24, 2.45) is 5.92 Å². The zero-order valence-electron chi connectivity index (χ0n) is 13.8. The smallest absolute Gasteiger partial charge is 0.314 e. The van der Waals surface area contributed by atoms with E-state index in [1.165, 1.54) is 11.3 Å². The number of hydrogen-bond donors (Lipinski definition) is 0. The van der Waals surface area contributed by atoms with Gasteiger partial charge in [-0.15, -0.1) is 11.3 Å². The predicted octanol–water partition coefficient (Wildman–Crippen LogP) is 4.93. The van der Waals surface area contributed by atoms with Crippen LogP contribution in [-0.2, 0) is 16.1 Å². The molecule has 0 unspecified atom stereocenters. The lowest BCUT2D eigenvalue weighted by Crippen LogP contribution is -2.20. The first-order chi connectivity index (χ1) is 12.0. The highest BCUT2D eigenvalue weighted by Crippen LogP contribution is 2.28. The van der Waals surface area contributed by atoms with Gasteiger partial charge in [0.15, 0.2) is 6.61 Å². The van der Waals surface area contributed by atoms with E-state index in [9.17, 15) is 4.79 Å². The molecule has 0 N–H and O–H groups in total. The molecule has 3 rings (SSSR count). The molecule has 0 bridgehead atoms. The number of carbonyl (C=O) groups excluding carboxylic acids is 1. The van der Waals surface area contributed by atoms with Crippen molar-refractivity contribution >= 4 is 28.9 Å². The van der Waals surface area contributed by atoms with Gasteiger partial charge in [0.2, 0.25) is 5.82 Å². The standard InChI is InChI=1S/C18H17ClN2O3S/c1-11(2)16(12-5-7-13(19)8-6-12)18(22)23-10-15-20-17(21-24-15)14-4-3-9-25-14/h3-9,11,16H,10H2,1-2H3/t16-/m1/s1. The van der Waals surface area contributed by atoms with Gasteiger partial charge in [-0.25, -0.2) is 0 Å². The summed E-state index contributed by atoms with van der Waals surface area (Å²) in [5.41, 5.74) is 0.870. The molecule has 7 heteroatoms. The summed E-state index contributed by atoms with van der Waals surface area (Å²) in [6.07, 6.45) is 0. The number of benzene rings is 1. The lowest BCUT2D eigenvalue weighted by Gasteiger charge is -2.19. The highest BCUT2D eigenvalue weighted by molar-refractivity contribution is 7.13. The third-order valence-electron chi connectivity index (χ3n) is 3.70. The third kappa shape index (κ3) is 4.27. The summed E-state index contributed by atoms with van der Waals surface area (Å²) in [4.78, 5) is 17.7. The molecule has 2 heterocycles. The Kier molecular flexibility index (Phi) is 5.50. The Hall–Kier alpha value is -2.18. The summed E-state index contributed by atoms with van der Waals surface area (Å²) in [6.45, 7) is 3.90. The summed E-state index contributed by atoms with van der Waals surface area (Å²) in [7, 11) is 0. The molecule has 0 aliphatic heterocycles. The monoisotopic (exact) mass is 376 g/mol. The van der Waals surface area contributed by atoms with Gasteiger partial charge >= 0.3 is 5.97 Å². The normalized spacial score (nSPS) is 12.3. The Labute approximate surface area is 154 Å². The van der Waals surface area contributed by atoms with Crippen LogP contribution in [0.2, 0.25) is 5.02 Å². The Morgan fingerprint density at radius 2 is 2.04 bits per heavy atom. The molecular weight excluding hydrogens is 360 g/mol. The summed E-state index contributed by atoms with van der Waals surface area (Å²) < 4.78 is 10.6. The van der Waals surface area contributed by atoms with Crippen LogP contribution in [0, 0.1) is 5.92 Å². The summed E-state index contributed by atoms with van der Waals surface area (Å²) >= 11 is 7.44. The third-order valence-corrected chi connectivity index (χ3v) is 4.82. The molecular formula is C18H17ClN2O3S. The summed E-state index contributed by atoms with van der Waals surface area (Å²) in [6, 6.07) is 11.0. The molecule has 130 valence electrons. The maximum Gasteiger partial charge on any atom is 0.314 e. The van der Waals surface area contributed by atoms with Crippen molar-refractivity contribution in [2.75, 3.05) is 0 Å². The molecule has 0 aliphatic rings. The van der Waals surface area contributed by atoms with Gasteiger partial charge in [0.05, 0.1) is 10.8 Å². The largest absolute Gasteiger partial charge is 0.455 e. The van der Waals surface area contributed by atoms with Crippen molar-refractivity contribution < 1.29 is 14.1 Å². The van der Waals surface area contributed by atoms with E-state index >= 15 is 0 Å². The highest BCUT2D eigenvalue weighted by Gasteiger charge is 2.26. The predicted molar refractivity (Wildman–Crippen MR) is 96.4 cm³/mol. The van der Waals surface area contributed by atoms with Gasteiger partial charge < -0.3 is 9.26 Å². The number of hydrogen-bond acceptors (Lipinski definition) is 6. The van der Waals surface area contributed by atoms with E-state index in [1.54, 1.807) is 12.1 Å².